The van der Waals surface area contributed by atoms with Gasteiger partial charge in [-0.2, -0.15) is 4.80 Å². The van der Waals surface area contributed by atoms with E-state index in [0.717, 1.165) is 19.3 Å². The summed E-state index contributed by atoms with van der Waals surface area (Å²) >= 11 is 0. The number of nitrogens with one attached hydrogen (secondary N) is 2. The van der Waals surface area contributed by atoms with E-state index < -0.39 is 53.1 Å². The van der Waals surface area contributed by atoms with Crippen molar-refractivity contribution in [3.05, 3.63) is 36.7 Å². The third kappa shape index (κ3) is 6.83. The number of aromatic nitrogens is 5. The van der Waals surface area contributed by atoms with Crippen molar-refractivity contribution in [3.63, 3.8) is 0 Å². The lowest BCUT2D eigenvalue weighted by Gasteiger charge is -2.30. The van der Waals surface area contributed by atoms with E-state index in [9.17, 15) is 24.3 Å². The molecular formula is C29H38N8O6. The van der Waals surface area contributed by atoms with Gasteiger partial charge in [-0.3, -0.25) is 14.6 Å². The van der Waals surface area contributed by atoms with Crippen LogP contribution in [0.25, 0.3) is 11.4 Å². The molecule has 14 nitrogen and oxygen atoms in total. The highest BCUT2D eigenvalue weighted by Crippen LogP contribution is 2.45. The van der Waals surface area contributed by atoms with Gasteiger partial charge in [-0.1, -0.05) is 25.0 Å². The molecule has 43 heavy (non-hydrogen) atoms. The van der Waals surface area contributed by atoms with Crippen LogP contribution in [0.1, 0.15) is 71.8 Å². The lowest BCUT2D eigenvalue weighted by Crippen LogP contribution is -2.56. The van der Waals surface area contributed by atoms with Gasteiger partial charge in [0.1, 0.15) is 23.2 Å². The molecule has 4 heterocycles. The van der Waals surface area contributed by atoms with Crippen molar-refractivity contribution in [1.82, 2.24) is 40.7 Å². The predicted molar refractivity (Wildman–Crippen MR) is 152 cm³/mol. The van der Waals surface area contributed by atoms with E-state index in [2.05, 4.69) is 31.0 Å². The molecule has 0 bridgehead atoms. The first-order chi connectivity index (χ1) is 20.5. The van der Waals surface area contributed by atoms with Gasteiger partial charge >= 0.3 is 12.1 Å². The van der Waals surface area contributed by atoms with Gasteiger partial charge in [0.15, 0.2) is 0 Å². The Kier molecular flexibility index (Phi) is 8.47. The van der Waals surface area contributed by atoms with Crippen LogP contribution >= 0.6 is 0 Å². The van der Waals surface area contributed by atoms with E-state index >= 15 is 0 Å². The van der Waals surface area contributed by atoms with Crippen LogP contribution in [0.4, 0.5) is 4.79 Å². The van der Waals surface area contributed by atoms with Crippen LogP contribution in [0.5, 0.6) is 0 Å². The number of pyridine rings is 1. The molecule has 1 saturated heterocycles. The minimum Gasteiger partial charge on any atom is -0.479 e. The van der Waals surface area contributed by atoms with Crippen LogP contribution in [-0.2, 0) is 19.1 Å². The second-order valence-corrected chi connectivity index (χ2v) is 12.4. The monoisotopic (exact) mass is 594 g/mol. The van der Waals surface area contributed by atoms with E-state index in [0.29, 0.717) is 24.2 Å². The molecule has 230 valence electrons. The molecule has 3 N–H and O–H groups in total. The van der Waals surface area contributed by atoms with Crippen LogP contribution in [0, 0.1) is 5.92 Å². The van der Waals surface area contributed by atoms with Gasteiger partial charge in [0.05, 0.1) is 6.04 Å². The van der Waals surface area contributed by atoms with Gasteiger partial charge in [-0.05, 0) is 63.8 Å². The number of nitrogens with zero attached hydrogens (tertiary/aromatic N) is 6. The zero-order valence-corrected chi connectivity index (χ0v) is 24.6. The maximum atomic E-state index is 14.1. The average Bonchev–Trinajstić information content (AvgIpc) is 3.28. The van der Waals surface area contributed by atoms with Gasteiger partial charge in [0, 0.05) is 36.8 Å². The summed E-state index contributed by atoms with van der Waals surface area (Å²) in [5.74, 6) is -2.13. The number of carbonyl (C=O) groups excluding carboxylic acids is 3. The third-order valence-corrected chi connectivity index (χ3v) is 8.00. The molecule has 0 spiro atoms. The lowest BCUT2D eigenvalue weighted by atomic mass is 10.0. The number of alkyl carbamates (subject to hydrolysis) is 1. The Morgan fingerprint density at radius 3 is 2.74 bits per heavy atom. The maximum absolute atomic E-state index is 14.1. The van der Waals surface area contributed by atoms with Gasteiger partial charge in [-0.25, -0.2) is 9.59 Å². The fraction of sp³-hybridized carbons (Fsp3) is 0.586. The SMILES string of the molecule is CC(C)(C)OC(=O)N[C@@H]1CCCCC/C=C\[C@H]2C[C@]2(C(=O)O)NC(=O)[C@@H]2C[C@H](n3nnc(-c4cccnc4)n3)CN2C1=O. The second kappa shape index (κ2) is 12.1. The Hall–Kier alpha value is -4.36. The summed E-state index contributed by atoms with van der Waals surface area (Å²) in [6.07, 6.45) is 10.2. The molecule has 3 aliphatic rings. The molecule has 5 rings (SSSR count). The second-order valence-electron chi connectivity index (χ2n) is 12.4. The third-order valence-electron chi connectivity index (χ3n) is 8.00. The zero-order valence-electron chi connectivity index (χ0n) is 24.6. The van der Waals surface area contributed by atoms with Crippen molar-refractivity contribution in [2.24, 2.45) is 5.92 Å². The molecule has 14 heteroatoms. The number of carboxylic acid groups (broad SMARTS) is 1. The number of hydrogen-bond donors (Lipinski definition) is 3. The van der Waals surface area contributed by atoms with Crippen molar-refractivity contribution < 1.29 is 29.0 Å². The minimum absolute atomic E-state index is 0.0651. The van der Waals surface area contributed by atoms with Gasteiger partial charge < -0.3 is 25.4 Å². The van der Waals surface area contributed by atoms with Gasteiger partial charge in [-0.15, -0.1) is 10.2 Å². The van der Waals surface area contributed by atoms with Crippen LogP contribution in [-0.4, -0.2) is 88.8 Å². The lowest BCUT2D eigenvalue weighted by molar-refractivity contribution is -0.145. The summed E-state index contributed by atoms with van der Waals surface area (Å²) in [4.78, 5) is 59.8. The number of tetrazole rings is 1. The van der Waals surface area contributed by atoms with Crippen LogP contribution in [0.2, 0.25) is 0 Å². The molecule has 3 amide bonds. The Bertz CT molecular complexity index is 1390. The normalized spacial score (nSPS) is 28.9. The summed E-state index contributed by atoms with van der Waals surface area (Å²) in [7, 11) is 0. The molecule has 2 aromatic heterocycles. The number of aliphatic carboxylic acids is 1. The highest BCUT2D eigenvalue weighted by molar-refractivity contribution is 5.96. The van der Waals surface area contributed by atoms with E-state index in [1.165, 1.54) is 9.70 Å². The number of hydrogen-bond acceptors (Lipinski definition) is 9. The summed E-state index contributed by atoms with van der Waals surface area (Å²) in [5, 5.41) is 28.3. The first-order valence-electron chi connectivity index (χ1n) is 14.7. The molecule has 2 fully saturated rings. The van der Waals surface area contributed by atoms with Crippen LogP contribution in [0.15, 0.2) is 36.7 Å². The van der Waals surface area contributed by atoms with Crippen molar-refractivity contribution in [1.29, 1.82) is 0 Å². The van der Waals surface area contributed by atoms with E-state index in [4.69, 9.17) is 4.74 Å². The predicted octanol–water partition coefficient (Wildman–Crippen LogP) is 2.25. The summed E-state index contributed by atoms with van der Waals surface area (Å²) in [5.41, 5.74) is -1.53. The summed E-state index contributed by atoms with van der Waals surface area (Å²) < 4.78 is 5.43. The summed E-state index contributed by atoms with van der Waals surface area (Å²) in [6.45, 7) is 5.27. The number of ether oxygens (including phenoxy) is 1. The largest absolute Gasteiger partial charge is 0.479 e. The molecule has 0 aromatic carbocycles. The molecule has 1 aliphatic carbocycles. The molecule has 2 aromatic rings. The Labute approximate surface area is 249 Å². The molecular weight excluding hydrogens is 556 g/mol. The number of allylic oxidation sites excluding steroid dienone is 1. The number of carboxylic acids is 1. The Balaban J connectivity index is 1.44. The zero-order chi connectivity index (χ0) is 30.8. The number of carbonyl (C=O) groups is 4. The number of rotatable bonds is 4. The van der Waals surface area contributed by atoms with E-state index in [1.54, 1.807) is 45.3 Å². The first kappa shape index (κ1) is 30.1. The van der Waals surface area contributed by atoms with Gasteiger partial charge in [0.2, 0.25) is 17.6 Å². The molecule has 5 atom stereocenters. The highest BCUT2D eigenvalue weighted by atomic mass is 16.6. The molecule has 1 saturated carbocycles. The quantitative estimate of drug-likeness (QED) is 0.444. The van der Waals surface area contributed by atoms with Crippen molar-refractivity contribution in [2.75, 3.05) is 6.54 Å². The standard InChI is InChI=1S/C29H38N8O6/c1-28(2,3)43-27(42)31-21-12-8-6-4-5-7-11-19-15-29(19,26(40)41)32-24(38)22-14-20(17-36(22)25(21)39)37-34-23(33-35-37)18-10-9-13-30-16-18/h7,9-11,13,16,19-22H,4-6,8,12,14-15,17H2,1-3H3,(H,31,42)(H,32,38)(H,40,41)/b11-7-/t19-,20-,21+,22-,29-/m0/s1. The summed E-state index contributed by atoms with van der Waals surface area (Å²) in [6, 6.07) is 1.07. The van der Waals surface area contributed by atoms with E-state index in [1.807, 2.05) is 12.2 Å². The van der Waals surface area contributed by atoms with Gasteiger partial charge in [0.25, 0.3) is 0 Å². The first-order valence-corrected chi connectivity index (χ1v) is 14.7. The smallest absolute Gasteiger partial charge is 0.408 e. The number of amides is 3. The maximum Gasteiger partial charge on any atom is 0.408 e. The Morgan fingerprint density at radius 1 is 1.21 bits per heavy atom. The van der Waals surface area contributed by atoms with Crippen molar-refractivity contribution in [3.8, 4) is 11.4 Å². The van der Waals surface area contributed by atoms with Crippen LogP contribution < -0.4 is 10.6 Å². The fourth-order valence-electron chi connectivity index (χ4n) is 5.69. The topological polar surface area (TPSA) is 182 Å². The fourth-order valence-corrected chi connectivity index (χ4v) is 5.69. The highest BCUT2D eigenvalue weighted by Gasteiger charge is 2.61. The molecule has 2 aliphatic heterocycles. The molecule has 0 radical (unpaired) electrons. The van der Waals surface area contributed by atoms with Crippen LogP contribution in [0.3, 0.4) is 0 Å². The van der Waals surface area contributed by atoms with Crippen molar-refractivity contribution in [2.45, 2.75) is 95.0 Å². The minimum atomic E-state index is -1.42. The molecule has 0 unspecified atom stereocenters. The average molecular weight is 595 g/mol. The number of fused-ring (bicyclic) bond motifs is 2. The Morgan fingerprint density at radius 2 is 2.02 bits per heavy atom. The van der Waals surface area contributed by atoms with E-state index in [-0.39, 0.29) is 25.3 Å². The van der Waals surface area contributed by atoms with Crippen molar-refractivity contribution >= 4 is 23.9 Å².